The Bertz CT molecular complexity index is 720. The van der Waals surface area contributed by atoms with Gasteiger partial charge in [-0.1, -0.05) is 36.7 Å². The number of carbonyl (C=O) groups is 1. The third-order valence-electron chi connectivity index (χ3n) is 4.41. The Labute approximate surface area is 147 Å². The van der Waals surface area contributed by atoms with Crippen LogP contribution in [0, 0.1) is 0 Å². The van der Waals surface area contributed by atoms with Gasteiger partial charge in [0.1, 0.15) is 0 Å². The maximum absolute atomic E-state index is 12.3. The average Bonchev–Trinajstić information content (AvgIpc) is 3.20. The lowest BCUT2D eigenvalue weighted by molar-refractivity contribution is 0.102. The molecule has 0 spiro atoms. The summed E-state index contributed by atoms with van der Waals surface area (Å²) in [6.07, 6.45) is 1.98. The molecule has 1 aliphatic carbocycles. The Morgan fingerprint density at radius 3 is 2.70 bits per heavy atom. The molecule has 0 unspecified atom stereocenters. The number of carbonyl (C=O) groups excluding carboxylic acids is 1. The van der Waals surface area contributed by atoms with Crippen LogP contribution in [0.3, 0.4) is 0 Å². The quantitative estimate of drug-likeness (QED) is 0.845. The molecule has 0 bridgehead atoms. The molecule has 3 rings (SSSR count). The van der Waals surface area contributed by atoms with Crippen molar-refractivity contribution in [1.82, 2.24) is 0 Å². The average molecular weight is 351 g/mol. The second-order valence-corrected chi connectivity index (χ2v) is 6.37. The molecular formula is C18H20Cl2N2O. The van der Waals surface area contributed by atoms with Crippen LogP contribution in [0.4, 0.5) is 5.69 Å². The number of rotatable bonds is 4. The summed E-state index contributed by atoms with van der Waals surface area (Å²) in [5, 5.41) is 3.47. The van der Waals surface area contributed by atoms with E-state index in [9.17, 15) is 4.79 Å². The predicted octanol–water partition coefficient (Wildman–Crippen LogP) is 4.61. The summed E-state index contributed by atoms with van der Waals surface area (Å²) < 4.78 is 0. The summed E-state index contributed by atoms with van der Waals surface area (Å²) >= 11 is 5.92. The highest BCUT2D eigenvalue weighted by Crippen LogP contribution is 2.51. The van der Waals surface area contributed by atoms with Gasteiger partial charge in [-0.15, -0.1) is 12.4 Å². The van der Waals surface area contributed by atoms with Gasteiger partial charge >= 0.3 is 0 Å². The van der Waals surface area contributed by atoms with Crippen molar-refractivity contribution in [2.24, 2.45) is 5.73 Å². The topological polar surface area (TPSA) is 55.1 Å². The lowest BCUT2D eigenvalue weighted by atomic mass is 10.0. The van der Waals surface area contributed by atoms with E-state index in [0.717, 1.165) is 18.5 Å². The zero-order valence-corrected chi connectivity index (χ0v) is 14.5. The van der Waals surface area contributed by atoms with Crippen molar-refractivity contribution in [3.63, 3.8) is 0 Å². The van der Waals surface area contributed by atoms with Crippen molar-refractivity contribution in [3.05, 3.63) is 64.7 Å². The standard InChI is InChI=1S/C18H19ClN2O.ClH/c1-2-18(20)11-16(18)12-5-4-8-15(10-12)21-17(22)13-6-3-7-14(19)9-13;/h3-10,16H,2,11,20H2,1H3,(H,21,22);1H/t16-,18-;/m0./s1. The monoisotopic (exact) mass is 350 g/mol. The third kappa shape index (κ3) is 3.86. The van der Waals surface area contributed by atoms with E-state index in [2.05, 4.69) is 18.3 Å². The Morgan fingerprint density at radius 2 is 2.04 bits per heavy atom. The van der Waals surface area contributed by atoms with Crippen LogP contribution in [0.5, 0.6) is 0 Å². The van der Waals surface area contributed by atoms with Crippen LogP contribution in [0.15, 0.2) is 48.5 Å². The number of benzene rings is 2. The lowest BCUT2D eigenvalue weighted by Crippen LogP contribution is -2.22. The molecule has 1 saturated carbocycles. The van der Waals surface area contributed by atoms with E-state index in [1.54, 1.807) is 24.3 Å². The van der Waals surface area contributed by atoms with Gasteiger partial charge in [0.15, 0.2) is 0 Å². The van der Waals surface area contributed by atoms with Crippen molar-refractivity contribution in [2.75, 3.05) is 5.32 Å². The Morgan fingerprint density at radius 1 is 1.30 bits per heavy atom. The number of hydrogen-bond acceptors (Lipinski definition) is 2. The number of halogens is 2. The second kappa shape index (κ2) is 6.91. The molecule has 0 radical (unpaired) electrons. The third-order valence-corrected chi connectivity index (χ3v) is 4.65. The van der Waals surface area contributed by atoms with Crippen molar-refractivity contribution < 1.29 is 4.79 Å². The molecule has 0 heterocycles. The van der Waals surface area contributed by atoms with E-state index < -0.39 is 0 Å². The summed E-state index contributed by atoms with van der Waals surface area (Å²) in [7, 11) is 0. The summed E-state index contributed by atoms with van der Waals surface area (Å²) in [6, 6.07) is 14.8. The van der Waals surface area contributed by atoms with Gasteiger partial charge in [-0.2, -0.15) is 0 Å². The normalized spacial score (nSPS) is 22.1. The Kier molecular flexibility index (Phi) is 5.35. The number of hydrogen-bond donors (Lipinski definition) is 2. The van der Waals surface area contributed by atoms with Crippen LogP contribution >= 0.6 is 24.0 Å². The Balaban J connectivity index is 0.00000192. The first-order valence-corrected chi connectivity index (χ1v) is 7.85. The molecule has 3 N–H and O–H groups in total. The number of nitrogens with two attached hydrogens (primary N) is 1. The van der Waals surface area contributed by atoms with Crippen molar-refractivity contribution in [2.45, 2.75) is 31.2 Å². The zero-order valence-electron chi connectivity index (χ0n) is 12.9. The molecular weight excluding hydrogens is 331 g/mol. The van der Waals surface area contributed by atoms with Crippen LogP contribution in [0.25, 0.3) is 0 Å². The van der Waals surface area contributed by atoms with E-state index in [1.165, 1.54) is 5.56 Å². The molecule has 1 fully saturated rings. The van der Waals surface area contributed by atoms with Gasteiger partial charge in [0.2, 0.25) is 0 Å². The van der Waals surface area contributed by atoms with Gasteiger partial charge in [-0.25, -0.2) is 0 Å². The molecule has 2 aromatic rings. The molecule has 122 valence electrons. The number of amides is 1. The maximum atomic E-state index is 12.3. The molecule has 1 aliphatic rings. The maximum Gasteiger partial charge on any atom is 0.255 e. The fourth-order valence-corrected chi connectivity index (χ4v) is 3.02. The molecule has 23 heavy (non-hydrogen) atoms. The summed E-state index contributed by atoms with van der Waals surface area (Å²) in [6.45, 7) is 2.12. The van der Waals surface area contributed by atoms with Crippen LogP contribution in [0.2, 0.25) is 5.02 Å². The highest BCUT2D eigenvalue weighted by atomic mass is 35.5. The highest BCUT2D eigenvalue weighted by molar-refractivity contribution is 6.31. The minimum atomic E-state index is -0.162. The largest absolute Gasteiger partial charge is 0.325 e. The highest BCUT2D eigenvalue weighted by Gasteiger charge is 2.49. The van der Waals surface area contributed by atoms with Gasteiger partial charge in [0.25, 0.3) is 5.91 Å². The minimum Gasteiger partial charge on any atom is -0.325 e. The fraction of sp³-hybridized carbons (Fsp3) is 0.278. The van der Waals surface area contributed by atoms with E-state index in [0.29, 0.717) is 16.5 Å². The first-order chi connectivity index (χ1) is 10.5. The van der Waals surface area contributed by atoms with Crippen LogP contribution in [0.1, 0.15) is 41.6 Å². The molecule has 0 aromatic heterocycles. The SMILES string of the molecule is CC[C@]1(N)C[C@H]1c1cccc(NC(=O)c2cccc(Cl)c2)c1.Cl. The first-order valence-electron chi connectivity index (χ1n) is 7.47. The summed E-state index contributed by atoms with van der Waals surface area (Å²) in [5.74, 6) is 0.227. The van der Waals surface area contributed by atoms with Gasteiger partial charge in [-0.3, -0.25) is 4.79 Å². The van der Waals surface area contributed by atoms with E-state index in [1.807, 2.05) is 18.2 Å². The first kappa shape index (κ1) is 17.8. The fourth-order valence-electron chi connectivity index (χ4n) is 2.83. The molecule has 1 amide bonds. The van der Waals surface area contributed by atoms with Gasteiger partial charge in [-0.05, 0) is 48.7 Å². The summed E-state index contributed by atoms with van der Waals surface area (Å²) in [5.41, 5.74) is 8.73. The zero-order chi connectivity index (χ0) is 15.7. The molecule has 5 heteroatoms. The minimum absolute atomic E-state index is 0. The van der Waals surface area contributed by atoms with E-state index in [-0.39, 0.29) is 23.9 Å². The van der Waals surface area contributed by atoms with Crippen LogP contribution in [-0.2, 0) is 0 Å². The molecule has 3 nitrogen and oxygen atoms in total. The smallest absolute Gasteiger partial charge is 0.255 e. The van der Waals surface area contributed by atoms with Crippen LogP contribution in [-0.4, -0.2) is 11.4 Å². The van der Waals surface area contributed by atoms with Gasteiger partial charge < -0.3 is 11.1 Å². The molecule has 2 atom stereocenters. The van der Waals surface area contributed by atoms with Crippen LogP contribution < -0.4 is 11.1 Å². The Hall–Kier alpha value is -1.55. The van der Waals surface area contributed by atoms with Gasteiger partial charge in [0, 0.05) is 27.7 Å². The number of nitrogens with one attached hydrogen (secondary N) is 1. The molecule has 0 aliphatic heterocycles. The predicted molar refractivity (Wildman–Crippen MR) is 97.7 cm³/mol. The van der Waals surface area contributed by atoms with Crippen molar-refractivity contribution in [3.8, 4) is 0 Å². The number of anilines is 1. The molecule has 2 aromatic carbocycles. The van der Waals surface area contributed by atoms with E-state index >= 15 is 0 Å². The van der Waals surface area contributed by atoms with Crippen molar-refractivity contribution in [1.29, 1.82) is 0 Å². The molecule has 0 saturated heterocycles. The summed E-state index contributed by atoms with van der Waals surface area (Å²) in [4.78, 5) is 12.3. The lowest BCUT2D eigenvalue weighted by Gasteiger charge is -2.10. The van der Waals surface area contributed by atoms with Crippen molar-refractivity contribution >= 4 is 35.6 Å². The van der Waals surface area contributed by atoms with E-state index in [4.69, 9.17) is 17.3 Å². The second-order valence-electron chi connectivity index (χ2n) is 5.93. The van der Waals surface area contributed by atoms with Gasteiger partial charge in [0.05, 0.1) is 0 Å².